The molecule has 3 rings (SSSR count). The van der Waals surface area contributed by atoms with Gasteiger partial charge in [-0.3, -0.25) is 9.59 Å². The summed E-state index contributed by atoms with van der Waals surface area (Å²) >= 11 is 0. The third-order valence-corrected chi connectivity index (χ3v) is 4.10. The maximum Gasteiger partial charge on any atom is 0.198 e. The lowest BCUT2D eigenvalue weighted by Crippen LogP contribution is -2.26. The van der Waals surface area contributed by atoms with E-state index in [2.05, 4.69) is 20.8 Å². The molecule has 1 heterocycles. The van der Waals surface area contributed by atoms with Crippen LogP contribution in [0, 0.1) is 0 Å². The Morgan fingerprint density at radius 3 is 1.56 bits per heavy atom. The van der Waals surface area contributed by atoms with Crippen LogP contribution in [0.5, 0.6) is 0 Å². The number of benzene rings is 1. The number of aliphatic hydroxyl groups excluding tert-OH is 2. The first-order valence-corrected chi connectivity index (χ1v) is 8.47. The summed E-state index contributed by atoms with van der Waals surface area (Å²) in [7, 11) is 0. The SMILES string of the molecule is Cl.O=C1c2ccccc2C(=O)c2c(NCCCO)nnc(NCCCO)c21. The number of nitrogens with zero attached hydrogens (tertiary/aromatic N) is 2. The number of hydrogen-bond donors (Lipinski definition) is 4. The minimum absolute atomic E-state index is 0. The monoisotopic (exact) mass is 392 g/mol. The van der Waals surface area contributed by atoms with Crippen LogP contribution in [0.3, 0.4) is 0 Å². The quantitative estimate of drug-likeness (QED) is 0.422. The fourth-order valence-electron chi connectivity index (χ4n) is 2.85. The number of anilines is 2. The van der Waals surface area contributed by atoms with Crippen molar-refractivity contribution in [1.82, 2.24) is 10.2 Å². The van der Waals surface area contributed by atoms with Crippen molar-refractivity contribution in [2.45, 2.75) is 12.8 Å². The van der Waals surface area contributed by atoms with E-state index in [0.29, 0.717) is 37.1 Å². The lowest BCUT2D eigenvalue weighted by molar-refractivity contribution is 0.0979. The summed E-state index contributed by atoms with van der Waals surface area (Å²) in [5.74, 6) is -0.119. The molecule has 0 spiro atoms. The van der Waals surface area contributed by atoms with Gasteiger partial charge >= 0.3 is 0 Å². The zero-order chi connectivity index (χ0) is 18.5. The number of ketones is 2. The first-order valence-electron chi connectivity index (χ1n) is 8.47. The van der Waals surface area contributed by atoms with Gasteiger partial charge in [-0.05, 0) is 12.8 Å². The zero-order valence-corrected chi connectivity index (χ0v) is 15.4. The van der Waals surface area contributed by atoms with Gasteiger partial charge in [0, 0.05) is 37.4 Å². The average Bonchev–Trinajstić information content (AvgIpc) is 2.67. The molecule has 1 aliphatic carbocycles. The number of carbonyl (C=O) groups is 2. The summed E-state index contributed by atoms with van der Waals surface area (Å²) in [4.78, 5) is 26.0. The molecule has 1 aromatic carbocycles. The van der Waals surface area contributed by atoms with Crippen LogP contribution in [0.1, 0.15) is 44.7 Å². The summed E-state index contributed by atoms with van der Waals surface area (Å²) in [6, 6.07) is 6.66. The van der Waals surface area contributed by atoms with Crippen LogP contribution < -0.4 is 10.6 Å². The third kappa shape index (κ3) is 4.08. The van der Waals surface area contributed by atoms with Crippen LogP contribution in [-0.2, 0) is 0 Å². The van der Waals surface area contributed by atoms with E-state index in [0.717, 1.165) is 0 Å². The first kappa shape index (κ1) is 20.8. The van der Waals surface area contributed by atoms with Crippen LogP contribution in [0.25, 0.3) is 0 Å². The minimum atomic E-state index is -0.290. The lowest BCUT2D eigenvalue weighted by atomic mass is 9.84. The number of nitrogens with one attached hydrogen (secondary N) is 2. The maximum absolute atomic E-state index is 13.0. The Labute approximate surface area is 162 Å². The van der Waals surface area contributed by atoms with Crippen molar-refractivity contribution in [2.24, 2.45) is 0 Å². The summed E-state index contributed by atoms with van der Waals surface area (Å²) in [5, 5.41) is 32.0. The number of halogens is 1. The summed E-state index contributed by atoms with van der Waals surface area (Å²) in [5.41, 5.74) is 1.05. The van der Waals surface area contributed by atoms with E-state index in [1.165, 1.54) is 0 Å². The Bertz CT molecular complexity index is 776. The minimum Gasteiger partial charge on any atom is -0.396 e. The smallest absolute Gasteiger partial charge is 0.198 e. The van der Waals surface area contributed by atoms with Crippen molar-refractivity contribution in [3.63, 3.8) is 0 Å². The van der Waals surface area contributed by atoms with E-state index in [9.17, 15) is 9.59 Å². The van der Waals surface area contributed by atoms with Gasteiger partial charge in [0.1, 0.15) is 0 Å². The number of carbonyl (C=O) groups excluding carboxylic acids is 2. The molecule has 0 unspecified atom stereocenters. The number of fused-ring (bicyclic) bond motifs is 2. The van der Waals surface area contributed by atoms with Crippen molar-refractivity contribution < 1.29 is 19.8 Å². The van der Waals surface area contributed by atoms with Gasteiger partial charge in [-0.2, -0.15) is 0 Å². The van der Waals surface area contributed by atoms with Gasteiger partial charge in [0.2, 0.25) is 0 Å². The molecule has 1 aliphatic rings. The molecule has 4 N–H and O–H groups in total. The van der Waals surface area contributed by atoms with Crippen LogP contribution in [-0.4, -0.2) is 58.3 Å². The Morgan fingerprint density at radius 2 is 1.19 bits per heavy atom. The molecule has 144 valence electrons. The second-order valence-corrected chi connectivity index (χ2v) is 5.86. The number of rotatable bonds is 8. The fourth-order valence-corrected chi connectivity index (χ4v) is 2.85. The second kappa shape index (κ2) is 9.40. The molecule has 1 aromatic heterocycles. The molecule has 27 heavy (non-hydrogen) atoms. The van der Waals surface area contributed by atoms with Crippen molar-refractivity contribution in [3.8, 4) is 0 Å². The highest BCUT2D eigenvalue weighted by molar-refractivity contribution is 6.31. The highest BCUT2D eigenvalue weighted by Gasteiger charge is 2.35. The Morgan fingerprint density at radius 1 is 0.778 bits per heavy atom. The van der Waals surface area contributed by atoms with E-state index in [4.69, 9.17) is 10.2 Å². The molecule has 0 fully saturated rings. The molecular weight excluding hydrogens is 372 g/mol. The molecule has 0 saturated heterocycles. The van der Waals surface area contributed by atoms with Gasteiger partial charge in [0.05, 0.1) is 11.1 Å². The van der Waals surface area contributed by atoms with E-state index >= 15 is 0 Å². The summed E-state index contributed by atoms with van der Waals surface area (Å²) in [6.45, 7) is 0.800. The van der Waals surface area contributed by atoms with Crippen LogP contribution >= 0.6 is 12.4 Å². The van der Waals surface area contributed by atoms with E-state index in [1.807, 2.05) is 0 Å². The summed E-state index contributed by atoms with van der Waals surface area (Å²) in [6.07, 6.45) is 0.956. The molecule has 0 saturated carbocycles. The lowest BCUT2D eigenvalue weighted by Gasteiger charge is -2.22. The van der Waals surface area contributed by atoms with Gasteiger partial charge in [-0.1, -0.05) is 24.3 Å². The average molecular weight is 393 g/mol. The van der Waals surface area contributed by atoms with E-state index in [-0.39, 0.29) is 59.9 Å². The van der Waals surface area contributed by atoms with Crippen molar-refractivity contribution >= 4 is 35.6 Å². The van der Waals surface area contributed by atoms with Gasteiger partial charge in [0.15, 0.2) is 23.2 Å². The third-order valence-electron chi connectivity index (χ3n) is 4.10. The summed E-state index contributed by atoms with van der Waals surface area (Å²) < 4.78 is 0. The van der Waals surface area contributed by atoms with Crippen LogP contribution in [0.2, 0.25) is 0 Å². The van der Waals surface area contributed by atoms with Gasteiger partial charge in [-0.15, -0.1) is 22.6 Å². The fraction of sp³-hybridized carbons (Fsp3) is 0.333. The predicted molar refractivity (Wildman–Crippen MR) is 103 cm³/mol. The Balaban J connectivity index is 0.00000261. The predicted octanol–water partition coefficient (Wildman–Crippen LogP) is 1.26. The van der Waals surface area contributed by atoms with Crippen molar-refractivity contribution in [2.75, 3.05) is 36.9 Å². The largest absolute Gasteiger partial charge is 0.396 e. The molecule has 8 nitrogen and oxygen atoms in total. The first-order chi connectivity index (χ1) is 12.7. The van der Waals surface area contributed by atoms with Crippen molar-refractivity contribution in [3.05, 3.63) is 46.5 Å². The second-order valence-electron chi connectivity index (χ2n) is 5.86. The van der Waals surface area contributed by atoms with Crippen LogP contribution in [0.15, 0.2) is 24.3 Å². The number of aromatic nitrogens is 2. The number of hydrogen-bond acceptors (Lipinski definition) is 8. The van der Waals surface area contributed by atoms with Crippen LogP contribution in [0.4, 0.5) is 11.6 Å². The van der Waals surface area contributed by atoms with Crippen molar-refractivity contribution in [1.29, 1.82) is 0 Å². The molecular formula is C18H21ClN4O4. The molecule has 0 radical (unpaired) electrons. The normalized spacial score (nSPS) is 12.1. The highest BCUT2D eigenvalue weighted by Crippen LogP contribution is 2.34. The van der Waals surface area contributed by atoms with E-state index < -0.39 is 0 Å². The zero-order valence-electron chi connectivity index (χ0n) is 14.6. The van der Waals surface area contributed by atoms with Gasteiger partial charge in [0.25, 0.3) is 0 Å². The highest BCUT2D eigenvalue weighted by atomic mass is 35.5. The molecule has 0 amide bonds. The molecule has 0 aliphatic heterocycles. The standard InChI is InChI=1S/C18H20N4O4.ClH/c23-9-3-7-19-17-13-14(18(22-21-17)20-8-4-10-24)16(26)12-6-2-1-5-11(12)15(13)25;/h1-2,5-6,23-24H,3-4,7-10H2,(H,19,21)(H,20,22);1H. The van der Waals surface area contributed by atoms with Gasteiger partial charge < -0.3 is 20.8 Å². The topological polar surface area (TPSA) is 124 Å². The maximum atomic E-state index is 13.0. The molecule has 0 atom stereocenters. The van der Waals surface area contributed by atoms with Gasteiger partial charge in [-0.25, -0.2) is 0 Å². The number of aliphatic hydroxyl groups is 2. The molecule has 9 heteroatoms. The Kier molecular flexibility index (Phi) is 7.23. The molecule has 2 aromatic rings. The van der Waals surface area contributed by atoms with E-state index in [1.54, 1.807) is 24.3 Å². The Hall–Kier alpha value is -2.55. The molecule has 0 bridgehead atoms.